The minimum Gasteiger partial charge on any atom is -0.506 e. The lowest BCUT2D eigenvalue weighted by molar-refractivity contribution is 0.263. The zero-order valence-corrected chi connectivity index (χ0v) is 12.2. The van der Waals surface area contributed by atoms with E-state index in [1.807, 2.05) is 0 Å². The Morgan fingerprint density at radius 2 is 2.10 bits per heavy atom. The van der Waals surface area contributed by atoms with E-state index in [2.05, 4.69) is 23.7 Å². The third-order valence-electron chi connectivity index (χ3n) is 4.23. The van der Waals surface area contributed by atoms with E-state index in [1.165, 1.54) is 10.6 Å². The summed E-state index contributed by atoms with van der Waals surface area (Å²) in [5.41, 5.74) is -0.577. The summed E-state index contributed by atoms with van der Waals surface area (Å²) in [7, 11) is 0. The molecule has 2 heterocycles. The Morgan fingerprint density at radius 1 is 1.33 bits per heavy atom. The molecule has 1 aliphatic heterocycles. The average molecular weight is 289 g/mol. The van der Waals surface area contributed by atoms with Crippen LogP contribution >= 0.6 is 0 Å². The minimum atomic E-state index is -0.454. The molecule has 0 bridgehead atoms. The number of fused-ring (bicyclic) bond motifs is 1. The Labute approximate surface area is 121 Å². The van der Waals surface area contributed by atoms with Gasteiger partial charge in [0.25, 0.3) is 5.56 Å². The van der Waals surface area contributed by atoms with Crippen molar-refractivity contribution in [1.82, 2.24) is 14.5 Å². The summed E-state index contributed by atoms with van der Waals surface area (Å²) < 4.78 is 1.30. The van der Waals surface area contributed by atoms with E-state index in [9.17, 15) is 14.7 Å². The number of aromatic nitrogens is 2. The standard InChI is InChI=1S/C15H19N3O3/c1-9(2)17-7-6-10(8-17)18-14(20)11-4-3-5-12(19)13(11)16-15(18)21/h3-5,9-10,19H,6-8H2,1-2H3,(H,16,21). The average Bonchev–Trinajstić information content (AvgIpc) is 2.90. The first-order valence-electron chi connectivity index (χ1n) is 7.19. The predicted molar refractivity (Wildman–Crippen MR) is 80.9 cm³/mol. The molecule has 1 aromatic heterocycles. The van der Waals surface area contributed by atoms with Gasteiger partial charge in [0.2, 0.25) is 0 Å². The molecule has 1 aliphatic rings. The summed E-state index contributed by atoms with van der Waals surface area (Å²) in [6, 6.07) is 4.97. The molecule has 1 unspecified atom stereocenters. The second kappa shape index (κ2) is 5.04. The molecule has 6 nitrogen and oxygen atoms in total. The van der Waals surface area contributed by atoms with E-state index in [-0.39, 0.29) is 22.9 Å². The van der Waals surface area contributed by atoms with Gasteiger partial charge in [-0.15, -0.1) is 0 Å². The number of hydrogen-bond donors (Lipinski definition) is 2. The number of H-pyrrole nitrogens is 1. The Hall–Kier alpha value is -2.08. The fourth-order valence-corrected chi connectivity index (χ4v) is 3.02. The van der Waals surface area contributed by atoms with Gasteiger partial charge in [0.1, 0.15) is 5.75 Å². The fourth-order valence-electron chi connectivity index (χ4n) is 3.02. The lowest BCUT2D eigenvalue weighted by atomic mass is 10.2. The van der Waals surface area contributed by atoms with Crippen LogP contribution in [0.5, 0.6) is 5.75 Å². The van der Waals surface area contributed by atoms with Gasteiger partial charge in [0.05, 0.1) is 16.9 Å². The molecule has 2 aromatic rings. The number of phenolic OH excluding ortho intramolecular Hbond substituents is 1. The maximum atomic E-state index is 12.6. The SMILES string of the molecule is CC(C)N1CCC(n2c(=O)[nH]c3c(O)cccc3c2=O)C1. The number of rotatable bonds is 2. The Bertz CT molecular complexity index is 791. The zero-order chi connectivity index (χ0) is 15.1. The highest BCUT2D eigenvalue weighted by Crippen LogP contribution is 2.22. The molecule has 112 valence electrons. The number of para-hydroxylation sites is 1. The van der Waals surface area contributed by atoms with Crippen molar-refractivity contribution in [3.8, 4) is 5.75 Å². The topological polar surface area (TPSA) is 78.3 Å². The van der Waals surface area contributed by atoms with Gasteiger partial charge in [-0.2, -0.15) is 0 Å². The van der Waals surface area contributed by atoms with Gasteiger partial charge in [0.15, 0.2) is 0 Å². The van der Waals surface area contributed by atoms with Crippen LogP contribution in [0.4, 0.5) is 0 Å². The zero-order valence-electron chi connectivity index (χ0n) is 12.2. The monoisotopic (exact) mass is 289 g/mol. The van der Waals surface area contributed by atoms with Crippen LogP contribution < -0.4 is 11.2 Å². The van der Waals surface area contributed by atoms with Gasteiger partial charge < -0.3 is 10.1 Å². The molecule has 1 saturated heterocycles. The lowest BCUT2D eigenvalue weighted by Gasteiger charge is -2.20. The number of aromatic hydroxyl groups is 1. The van der Waals surface area contributed by atoms with Crippen LogP contribution in [0.1, 0.15) is 26.3 Å². The van der Waals surface area contributed by atoms with Gasteiger partial charge in [-0.1, -0.05) is 6.07 Å². The number of aromatic amines is 1. The van der Waals surface area contributed by atoms with Crippen molar-refractivity contribution in [3.63, 3.8) is 0 Å². The molecule has 1 atom stereocenters. The molecule has 0 saturated carbocycles. The molecule has 6 heteroatoms. The summed E-state index contributed by atoms with van der Waals surface area (Å²) >= 11 is 0. The number of phenols is 1. The van der Waals surface area contributed by atoms with Crippen LogP contribution in [0.3, 0.4) is 0 Å². The van der Waals surface area contributed by atoms with Crippen molar-refractivity contribution >= 4 is 10.9 Å². The van der Waals surface area contributed by atoms with Crippen molar-refractivity contribution in [1.29, 1.82) is 0 Å². The molecule has 21 heavy (non-hydrogen) atoms. The fraction of sp³-hybridized carbons (Fsp3) is 0.467. The van der Waals surface area contributed by atoms with Crippen LogP contribution in [-0.2, 0) is 0 Å². The van der Waals surface area contributed by atoms with Crippen LogP contribution in [0.2, 0.25) is 0 Å². The smallest absolute Gasteiger partial charge is 0.329 e. The first-order chi connectivity index (χ1) is 9.99. The first-order valence-corrected chi connectivity index (χ1v) is 7.19. The molecule has 3 rings (SSSR count). The summed E-state index contributed by atoms with van der Waals surface area (Å²) in [5, 5.41) is 10.1. The highest BCUT2D eigenvalue weighted by atomic mass is 16.3. The predicted octanol–water partition coefficient (Wildman–Crippen LogP) is 1.05. The van der Waals surface area contributed by atoms with Crippen molar-refractivity contribution in [2.75, 3.05) is 13.1 Å². The van der Waals surface area contributed by atoms with E-state index in [4.69, 9.17) is 0 Å². The Balaban J connectivity index is 2.13. The van der Waals surface area contributed by atoms with E-state index in [0.717, 1.165) is 13.0 Å². The third kappa shape index (κ3) is 2.25. The van der Waals surface area contributed by atoms with E-state index in [0.29, 0.717) is 18.0 Å². The minimum absolute atomic E-state index is 0.0796. The molecule has 1 fully saturated rings. The summed E-state index contributed by atoms with van der Waals surface area (Å²) in [6.07, 6.45) is 0.783. The largest absolute Gasteiger partial charge is 0.506 e. The Morgan fingerprint density at radius 3 is 2.76 bits per heavy atom. The molecule has 0 spiro atoms. The highest BCUT2D eigenvalue weighted by Gasteiger charge is 2.28. The second-order valence-corrected chi connectivity index (χ2v) is 5.84. The number of hydrogen-bond acceptors (Lipinski definition) is 4. The van der Waals surface area contributed by atoms with E-state index < -0.39 is 5.69 Å². The van der Waals surface area contributed by atoms with Crippen LogP contribution in [0.15, 0.2) is 27.8 Å². The third-order valence-corrected chi connectivity index (χ3v) is 4.23. The van der Waals surface area contributed by atoms with Gasteiger partial charge in [-0.3, -0.25) is 14.3 Å². The van der Waals surface area contributed by atoms with Gasteiger partial charge in [-0.25, -0.2) is 4.79 Å². The van der Waals surface area contributed by atoms with Gasteiger partial charge in [0, 0.05) is 19.1 Å². The first kappa shape index (κ1) is 13.9. The Kier molecular flexibility index (Phi) is 3.33. The number of nitrogens with one attached hydrogen (secondary N) is 1. The molecule has 0 amide bonds. The van der Waals surface area contributed by atoms with Gasteiger partial charge in [-0.05, 0) is 32.4 Å². The summed E-state index contributed by atoms with van der Waals surface area (Å²) in [6.45, 7) is 5.79. The quantitative estimate of drug-likeness (QED) is 0.866. The van der Waals surface area contributed by atoms with E-state index in [1.54, 1.807) is 12.1 Å². The van der Waals surface area contributed by atoms with Crippen molar-refractivity contribution < 1.29 is 5.11 Å². The highest BCUT2D eigenvalue weighted by molar-refractivity contribution is 5.82. The van der Waals surface area contributed by atoms with Crippen LogP contribution in [0.25, 0.3) is 10.9 Å². The normalized spacial score (nSPS) is 19.7. The number of nitrogens with zero attached hydrogens (tertiary/aromatic N) is 2. The van der Waals surface area contributed by atoms with Crippen LogP contribution in [-0.4, -0.2) is 38.7 Å². The maximum Gasteiger partial charge on any atom is 0.329 e. The maximum absolute atomic E-state index is 12.6. The molecular weight excluding hydrogens is 270 g/mol. The van der Waals surface area contributed by atoms with Crippen molar-refractivity contribution in [2.45, 2.75) is 32.4 Å². The molecule has 2 N–H and O–H groups in total. The number of likely N-dealkylation sites (tertiary alicyclic amines) is 1. The summed E-state index contributed by atoms with van der Waals surface area (Å²) in [5.74, 6) is -0.0796. The van der Waals surface area contributed by atoms with Crippen LogP contribution in [0, 0.1) is 0 Å². The second-order valence-electron chi connectivity index (χ2n) is 5.84. The van der Waals surface area contributed by atoms with Crippen molar-refractivity contribution in [3.05, 3.63) is 39.0 Å². The molecule has 0 radical (unpaired) electrons. The molecule has 0 aliphatic carbocycles. The molecular formula is C15H19N3O3. The van der Waals surface area contributed by atoms with Gasteiger partial charge >= 0.3 is 5.69 Å². The molecule has 1 aromatic carbocycles. The summed E-state index contributed by atoms with van der Waals surface area (Å²) in [4.78, 5) is 29.7. The number of benzene rings is 1. The van der Waals surface area contributed by atoms with E-state index >= 15 is 0 Å². The van der Waals surface area contributed by atoms with Crippen molar-refractivity contribution in [2.24, 2.45) is 0 Å². The lowest BCUT2D eigenvalue weighted by Crippen LogP contribution is -2.39.